The number of rotatable bonds is 4. The highest BCUT2D eigenvalue weighted by molar-refractivity contribution is 5.98. The molecule has 1 aliphatic heterocycles. The molecule has 4 nitrogen and oxygen atoms in total. The zero-order chi connectivity index (χ0) is 12.8. The Kier molecular flexibility index (Phi) is 4.23. The Hall–Kier alpha value is -1.97. The molecule has 1 amide bonds. The summed E-state index contributed by atoms with van der Waals surface area (Å²) in [4.78, 5) is 12.0. The SMILES string of the molecule is C/C=C/CCNC(=O)c1cccc2c1OCCN2. The van der Waals surface area contributed by atoms with E-state index in [0.717, 1.165) is 18.7 Å². The van der Waals surface area contributed by atoms with Gasteiger partial charge in [-0.1, -0.05) is 18.2 Å². The van der Waals surface area contributed by atoms with E-state index in [1.165, 1.54) is 0 Å². The lowest BCUT2D eigenvalue weighted by atomic mass is 10.1. The minimum absolute atomic E-state index is 0.0833. The fraction of sp³-hybridized carbons (Fsp3) is 0.357. The molecule has 1 heterocycles. The van der Waals surface area contributed by atoms with Crippen molar-refractivity contribution in [1.29, 1.82) is 0 Å². The van der Waals surface area contributed by atoms with E-state index in [1.807, 2.05) is 31.2 Å². The van der Waals surface area contributed by atoms with Crippen molar-refractivity contribution in [2.24, 2.45) is 0 Å². The summed E-state index contributed by atoms with van der Waals surface area (Å²) >= 11 is 0. The van der Waals surface area contributed by atoms with Crippen molar-refractivity contribution < 1.29 is 9.53 Å². The lowest BCUT2D eigenvalue weighted by molar-refractivity contribution is 0.0950. The molecule has 0 aromatic heterocycles. The van der Waals surface area contributed by atoms with Crippen LogP contribution in [0.3, 0.4) is 0 Å². The minimum atomic E-state index is -0.0833. The number of anilines is 1. The fourth-order valence-electron chi connectivity index (χ4n) is 1.88. The maximum Gasteiger partial charge on any atom is 0.255 e. The van der Waals surface area contributed by atoms with Crippen LogP contribution in [0.5, 0.6) is 5.75 Å². The highest BCUT2D eigenvalue weighted by Crippen LogP contribution is 2.30. The predicted molar refractivity (Wildman–Crippen MR) is 72.2 cm³/mol. The first kappa shape index (κ1) is 12.5. The second kappa shape index (κ2) is 6.10. The molecule has 0 unspecified atom stereocenters. The molecule has 1 aromatic rings. The summed E-state index contributed by atoms with van der Waals surface area (Å²) in [6, 6.07) is 5.57. The number of para-hydroxylation sites is 1. The lowest BCUT2D eigenvalue weighted by Crippen LogP contribution is -2.27. The van der Waals surface area contributed by atoms with Crippen LogP contribution < -0.4 is 15.4 Å². The fourth-order valence-corrected chi connectivity index (χ4v) is 1.88. The summed E-state index contributed by atoms with van der Waals surface area (Å²) in [7, 11) is 0. The molecule has 0 spiro atoms. The third kappa shape index (κ3) is 2.83. The van der Waals surface area contributed by atoms with Gasteiger partial charge in [0.2, 0.25) is 0 Å². The number of nitrogens with one attached hydrogen (secondary N) is 2. The monoisotopic (exact) mass is 246 g/mol. The first-order chi connectivity index (χ1) is 8.83. The van der Waals surface area contributed by atoms with Gasteiger partial charge in [0.1, 0.15) is 6.61 Å². The van der Waals surface area contributed by atoms with Gasteiger partial charge in [0.25, 0.3) is 5.91 Å². The Balaban J connectivity index is 2.06. The Labute approximate surface area is 107 Å². The number of carbonyl (C=O) groups is 1. The second-order valence-corrected chi connectivity index (χ2v) is 4.07. The molecule has 1 aromatic carbocycles. The summed E-state index contributed by atoms with van der Waals surface area (Å²) in [6.45, 7) is 3.98. The zero-order valence-corrected chi connectivity index (χ0v) is 10.5. The van der Waals surface area contributed by atoms with Crippen LogP contribution in [0.25, 0.3) is 0 Å². The van der Waals surface area contributed by atoms with Crippen LogP contribution in [0.15, 0.2) is 30.4 Å². The molecule has 0 atom stereocenters. The predicted octanol–water partition coefficient (Wildman–Crippen LogP) is 2.19. The van der Waals surface area contributed by atoms with Crippen molar-refractivity contribution >= 4 is 11.6 Å². The Bertz CT molecular complexity index is 455. The van der Waals surface area contributed by atoms with Crippen molar-refractivity contribution in [2.45, 2.75) is 13.3 Å². The minimum Gasteiger partial charge on any atom is -0.489 e. The summed E-state index contributed by atoms with van der Waals surface area (Å²) in [5.41, 5.74) is 1.49. The van der Waals surface area contributed by atoms with Crippen LogP contribution in [-0.2, 0) is 0 Å². The standard InChI is InChI=1S/C14H18N2O2/c1-2-3-4-8-16-14(17)11-6-5-7-12-13(11)18-10-9-15-12/h2-3,5-7,15H,4,8-10H2,1H3,(H,16,17)/b3-2+. The summed E-state index contributed by atoms with van der Waals surface area (Å²) < 4.78 is 5.57. The van der Waals surface area contributed by atoms with E-state index < -0.39 is 0 Å². The van der Waals surface area contributed by atoms with E-state index in [1.54, 1.807) is 6.07 Å². The van der Waals surface area contributed by atoms with E-state index >= 15 is 0 Å². The maximum atomic E-state index is 12.0. The van der Waals surface area contributed by atoms with Gasteiger partial charge in [-0.15, -0.1) is 0 Å². The van der Waals surface area contributed by atoms with Crippen LogP contribution >= 0.6 is 0 Å². The number of benzene rings is 1. The van der Waals surface area contributed by atoms with Gasteiger partial charge in [-0.2, -0.15) is 0 Å². The zero-order valence-electron chi connectivity index (χ0n) is 10.5. The molecule has 2 rings (SSSR count). The van der Waals surface area contributed by atoms with Gasteiger partial charge in [-0.05, 0) is 25.5 Å². The number of carbonyl (C=O) groups excluding carboxylic acids is 1. The second-order valence-electron chi connectivity index (χ2n) is 4.07. The first-order valence-electron chi connectivity index (χ1n) is 6.22. The van der Waals surface area contributed by atoms with Gasteiger partial charge in [0.15, 0.2) is 5.75 Å². The Morgan fingerprint density at radius 2 is 2.44 bits per heavy atom. The number of ether oxygens (including phenoxy) is 1. The van der Waals surface area contributed by atoms with E-state index in [9.17, 15) is 4.79 Å². The molecule has 4 heteroatoms. The molecular weight excluding hydrogens is 228 g/mol. The molecule has 0 aliphatic carbocycles. The van der Waals surface area contributed by atoms with Gasteiger partial charge in [-0.3, -0.25) is 4.79 Å². The maximum absolute atomic E-state index is 12.0. The molecule has 0 radical (unpaired) electrons. The van der Waals surface area contributed by atoms with Gasteiger partial charge >= 0.3 is 0 Å². The van der Waals surface area contributed by atoms with Gasteiger partial charge in [0.05, 0.1) is 11.3 Å². The van der Waals surface area contributed by atoms with E-state index in [0.29, 0.717) is 24.5 Å². The first-order valence-corrected chi connectivity index (χ1v) is 6.22. The quantitative estimate of drug-likeness (QED) is 0.632. The Morgan fingerprint density at radius 3 is 3.28 bits per heavy atom. The number of hydrogen-bond donors (Lipinski definition) is 2. The molecule has 96 valence electrons. The molecule has 18 heavy (non-hydrogen) atoms. The van der Waals surface area contributed by atoms with Gasteiger partial charge < -0.3 is 15.4 Å². The van der Waals surface area contributed by atoms with Crippen molar-refractivity contribution in [2.75, 3.05) is 25.0 Å². The summed E-state index contributed by atoms with van der Waals surface area (Å²) in [5.74, 6) is 0.576. The van der Waals surface area contributed by atoms with E-state index in [4.69, 9.17) is 4.74 Å². The molecule has 0 saturated carbocycles. The van der Waals surface area contributed by atoms with Crippen molar-refractivity contribution in [3.8, 4) is 5.75 Å². The van der Waals surface area contributed by atoms with E-state index in [-0.39, 0.29) is 5.91 Å². The van der Waals surface area contributed by atoms with Crippen LogP contribution in [0.4, 0.5) is 5.69 Å². The summed E-state index contributed by atoms with van der Waals surface area (Å²) in [5, 5.41) is 6.10. The average Bonchev–Trinajstić information content (AvgIpc) is 2.43. The highest BCUT2D eigenvalue weighted by atomic mass is 16.5. The smallest absolute Gasteiger partial charge is 0.255 e. The topological polar surface area (TPSA) is 50.4 Å². The average molecular weight is 246 g/mol. The van der Waals surface area contributed by atoms with Crippen molar-refractivity contribution in [3.63, 3.8) is 0 Å². The van der Waals surface area contributed by atoms with Crippen molar-refractivity contribution in [1.82, 2.24) is 5.32 Å². The molecule has 2 N–H and O–H groups in total. The van der Waals surface area contributed by atoms with Crippen LogP contribution in [0.1, 0.15) is 23.7 Å². The molecular formula is C14H18N2O2. The third-order valence-corrected chi connectivity index (χ3v) is 2.76. The molecule has 1 aliphatic rings. The van der Waals surface area contributed by atoms with Gasteiger partial charge in [-0.25, -0.2) is 0 Å². The third-order valence-electron chi connectivity index (χ3n) is 2.76. The molecule has 0 bridgehead atoms. The number of fused-ring (bicyclic) bond motifs is 1. The normalized spacial score (nSPS) is 13.6. The number of amides is 1. The van der Waals surface area contributed by atoms with E-state index in [2.05, 4.69) is 10.6 Å². The van der Waals surface area contributed by atoms with Crippen LogP contribution in [0, 0.1) is 0 Å². The molecule has 0 saturated heterocycles. The summed E-state index contributed by atoms with van der Waals surface area (Å²) in [6.07, 6.45) is 4.85. The number of hydrogen-bond acceptors (Lipinski definition) is 3. The number of allylic oxidation sites excluding steroid dienone is 1. The lowest BCUT2D eigenvalue weighted by Gasteiger charge is -2.21. The highest BCUT2D eigenvalue weighted by Gasteiger charge is 2.18. The van der Waals surface area contributed by atoms with Crippen molar-refractivity contribution in [3.05, 3.63) is 35.9 Å². The van der Waals surface area contributed by atoms with Crippen LogP contribution in [-0.4, -0.2) is 25.6 Å². The largest absolute Gasteiger partial charge is 0.489 e. The van der Waals surface area contributed by atoms with Crippen LogP contribution in [0.2, 0.25) is 0 Å². The Morgan fingerprint density at radius 1 is 1.56 bits per heavy atom. The van der Waals surface area contributed by atoms with Gasteiger partial charge in [0, 0.05) is 13.1 Å². The molecule has 0 fully saturated rings.